The number of hydrogen-bond donors (Lipinski definition) is 7. The molecule has 0 aliphatic carbocycles. The molecule has 12 nitrogen and oxygen atoms in total. The van der Waals surface area contributed by atoms with Crippen LogP contribution >= 0.6 is 0 Å². The number of benzene rings is 1. The number of nitrogens with zero attached hydrogens (tertiary/aromatic N) is 1. The first-order valence-electron chi connectivity index (χ1n) is 12.7. The first kappa shape index (κ1) is 30.5. The monoisotopic (exact) mass is 529 g/mol. The van der Waals surface area contributed by atoms with Crippen LogP contribution in [0, 0.1) is 5.92 Å². The molecule has 9 N–H and O–H groups in total. The van der Waals surface area contributed by atoms with Crippen molar-refractivity contribution in [3.63, 3.8) is 0 Å². The van der Waals surface area contributed by atoms with E-state index in [0.717, 1.165) is 5.56 Å². The fraction of sp³-hybridized carbons (Fsp3) is 0.500. The molecule has 1 aromatic carbocycles. The number of aromatic nitrogens is 2. The largest absolute Gasteiger partial charge is 0.480 e. The second-order valence-corrected chi connectivity index (χ2v) is 9.55. The molecule has 0 fully saturated rings. The molecule has 0 saturated carbocycles. The van der Waals surface area contributed by atoms with Crippen LogP contribution in [0.15, 0.2) is 42.9 Å². The molecule has 1 aromatic heterocycles. The van der Waals surface area contributed by atoms with E-state index < -0.39 is 47.9 Å². The number of carboxylic acid groups (broad SMARTS) is 1. The van der Waals surface area contributed by atoms with Gasteiger partial charge in [-0.05, 0) is 43.7 Å². The van der Waals surface area contributed by atoms with Crippen molar-refractivity contribution in [3.8, 4) is 0 Å². The fourth-order valence-corrected chi connectivity index (χ4v) is 3.87. The van der Waals surface area contributed by atoms with E-state index in [1.54, 1.807) is 13.8 Å². The Labute approximate surface area is 222 Å². The first-order chi connectivity index (χ1) is 18.1. The molecule has 0 bridgehead atoms. The lowest BCUT2D eigenvalue weighted by Gasteiger charge is -2.27. The van der Waals surface area contributed by atoms with Gasteiger partial charge in [0.25, 0.3) is 0 Å². The van der Waals surface area contributed by atoms with Gasteiger partial charge in [-0.2, -0.15) is 0 Å². The number of carbonyl (C=O) groups excluding carboxylic acids is 3. The predicted octanol–water partition coefficient (Wildman–Crippen LogP) is -0.154. The Morgan fingerprint density at radius 3 is 2.21 bits per heavy atom. The minimum absolute atomic E-state index is 0.0407. The lowest BCUT2D eigenvalue weighted by Crippen LogP contribution is -2.59. The minimum atomic E-state index is -1.18. The second-order valence-electron chi connectivity index (χ2n) is 9.55. The topological polar surface area (TPSA) is 205 Å². The van der Waals surface area contributed by atoms with E-state index in [9.17, 15) is 24.3 Å². The number of carbonyl (C=O) groups is 4. The van der Waals surface area contributed by atoms with Gasteiger partial charge in [0, 0.05) is 18.3 Å². The fourth-order valence-electron chi connectivity index (χ4n) is 3.87. The number of nitrogens with two attached hydrogens (primary N) is 2. The van der Waals surface area contributed by atoms with Gasteiger partial charge in [-0.1, -0.05) is 44.2 Å². The average Bonchev–Trinajstić information content (AvgIpc) is 3.39. The van der Waals surface area contributed by atoms with Crippen LogP contribution in [0.5, 0.6) is 0 Å². The lowest BCUT2D eigenvalue weighted by atomic mass is 10.0. The molecule has 2 aromatic rings. The van der Waals surface area contributed by atoms with Gasteiger partial charge in [0.1, 0.15) is 18.1 Å². The predicted molar refractivity (Wildman–Crippen MR) is 142 cm³/mol. The van der Waals surface area contributed by atoms with Crippen molar-refractivity contribution in [2.75, 3.05) is 6.54 Å². The third-order valence-corrected chi connectivity index (χ3v) is 6.06. The van der Waals surface area contributed by atoms with Crippen LogP contribution in [0.4, 0.5) is 0 Å². The summed E-state index contributed by atoms with van der Waals surface area (Å²) in [6.07, 6.45) is 4.62. The summed E-state index contributed by atoms with van der Waals surface area (Å²) in [6, 6.07) is 5.19. The van der Waals surface area contributed by atoms with Crippen LogP contribution in [0.1, 0.15) is 44.4 Å². The van der Waals surface area contributed by atoms with Crippen molar-refractivity contribution >= 4 is 23.7 Å². The van der Waals surface area contributed by atoms with Gasteiger partial charge in [0.05, 0.1) is 12.4 Å². The van der Waals surface area contributed by atoms with E-state index in [1.165, 1.54) is 12.5 Å². The zero-order valence-electron chi connectivity index (χ0n) is 21.9. The molecule has 0 saturated heterocycles. The van der Waals surface area contributed by atoms with Crippen LogP contribution in [-0.4, -0.2) is 69.5 Å². The molecule has 4 unspecified atom stereocenters. The van der Waals surface area contributed by atoms with Crippen LogP contribution in [0.2, 0.25) is 0 Å². The van der Waals surface area contributed by atoms with Gasteiger partial charge in [-0.25, -0.2) is 9.78 Å². The number of amides is 3. The van der Waals surface area contributed by atoms with Crippen molar-refractivity contribution in [1.29, 1.82) is 0 Å². The molecular weight excluding hydrogens is 490 g/mol. The molecule has 2 rings (SSSR count). The molecule has 38 heavy (non-hydrogen) atoms. The Balaban J connectivity index is 2.12. The van der Waals surface area contributed by atoms with E-state index in [1.807, 2.05) is 30.3 Å². The van der Waals surface area contributed by atoms with Gasteiger partial charge in [-0.15, -0.1) is 0 Å². The molecule has 12 heteroatoms. The van der Waals surface area contributed by atoms with Crippen LogP contribution in [-0.2, 0) is 32.0 Å². The molecule has 4 atom stereocenters. The van der Waals surface area contributed by atoms with Gasteiger partial charge in [0.15, 0.2) is 0 Å². The summed E-state index contributed by atoms with van der Waals surface area (Å²) in [5.74, 6) is -3.25. The summed E-state index contributed by atoms with van der Waals surface area (Å²) in [7, 11) is 0. The van der Waals surface area contributed by atoms with E-state index in [4.69, 9.17) is 11.5 Å². The second kappa shape index (κ2) is 15.5. The third kappa shape index (κ3) is 9.94. The number of nitrogens with one attached hydrogen (secondary N) is 4. The zero-order valence-corrected chi connectivity index (χ0v) is 21.9. The molecule has 3 amide bonds. The minimum Gasteiger partial charge on any atom is -0.480 e. The summed E-state index contributed by atoms with van der Waals surface area (Å²) in [5, 5.41) is 17.4. The first-order valence-corrected chi connectivity index (χ1v) is 12.7. The summed E-state index contributed by atoms with van der Waals surface area (Å²) in [6.45, 7) is 3.93. The maximum Gasteiger partial charge on any atom is 0.326 e. The lowest BCUT2D eigenvalue weighted by molar-refractivity contribution is -0.142. The summed E-state index contributed by atoms with van der Waals surface area (Å²) in [5.41, 5.74) is 13.0. The molecule has 1 heterocycles. The van der Waals surface area contributed by atoms with E-state index in [0.29, 0.717) is 31.5 Å². The average molecular weight is 530 g/mol. The van der Waals surface area contributed by atoms with Gasteiger partial charge in [-0.3, -0.25) is 14.4 Å². The summed E-state index contributed by atoms with van der Waals surface area (Å²) < 4.78 is 0. The molecule has 0 spiro atoms. The van der Waals surface area contributed by atoms with Crippen molar-refractivity contribution < 1.29 is 24.3 Å². The van der Waals surface area contributed by atoms with Crippen molar-refractivity contribution in [2.45, 2.75) is 70.1 Å². The third-order valence-electron chi connectivity index (χ3n) is 6.06. The maximum atomic E-state index is 13.3. The quantitative estimate of drug-likeness (QED) is 0.145. The van der Waals surface area contributed by atoms with Crippen LogP contribution < -0.4 is 27.4 Å². The van der Waals surface area contributed by atoms with E-state index in [-0.39, 0.29) is 18.8 Å². The summed E-state index contributed by atoms with van der Waals surface area (Å²) >= 11 is 0. The summed E-state index contributed by atoms with van der Waals surface area (Å²) in [4.78, 5) is 57.7. The SMILES string of the molecule is CC(C)C(NC(=O)C(N)Cc1ccccc1)C(=O)NC(Cc1cnc[nH]1)C(=O)NC(CCCCN)C(=O)O. The highest BCUT2D eigenvalue weighted by molar-refractivity contribution is 5.94. The maximum absolute atomic E-state index is 13.3. The number of aromatic amines is 1. The Kier molecular flexibility index (Phi) is 12.4. The van der Waals surface area contributed by atoms with Crippen molar-refractivity contribution in [2.24, 2.45) is 17.4 Å². The van der Waals surface area contributed by atoms with Crippen LogP contribution in [0.25, 0.3) is 0 Å². The Bertz CT molecular complexity index is 1030. The molecular formula is C26H39N7O5. The van der Waals surface area contributed by atoms with E-state index in [2.05, 4.69) is 25.9 Å². The number of hydrogen-bond acceptors (Lipinski definition) is 7. The Hall–Kier alpha value is -3.77. The number of H-pyrrole nitrogens is 1. The number of unbranched alkanes of at least 4 members (excludes halogenated alkanes) is 1. The highest BCUT2D eigenvalue weighted by Crippen LogP contribution is 2.08. The standard InChI is InChI=1S/C26H39N7O5/c1-16(2)22(33-23(34)19(28)12-17-8-4-3-5-9-17)25(36)32-21(13-18-14-29-15-30-18)24(35)31-20(26(37)38)10-6-7-11-27/h3-5,8-9,14-16,19-22H,6-7,10-13,27-28H2,1-2H3,(H,29,30)(H,31,35)(H,32,36)(H,33,34)(H,37,38). The molecule has 208 valence electrons. The van der Waals surface area contributed by atoms with Crippen molar-refractivity contribution in [1.82, 2.24) is 25.9 Å². The number of aliphatic carboxylic acids is 1. The van der Waals surface area contributed by atoms with Crippen LogP contribution in [0.3, 0.4) is 0 Å². The highest BCUT2D eigenvalue weighted by atomic mass is 16.4. The smallest absolute Gasteiger partial charge is 0.326 e. The Morgan fingerprint density at radius 2 is 1.63 bits per heavy atom. The Morgan fingerprint density at radius 1 is 0.947 bits per heavy atom. The number of imidazole rings is 1. The normalized spacial score (nSPS) is 14.2. The van der Waals surface area contributed by atoms with Gasteiger partial charge in [0.2, 0.25) is 17.7 Å². The number of carboxylic acids is 1. The van der Waals surface area contributed by atoms with Gasteiger partial charge < -0.3 is 37.5 Å². The van der Waals surface area contributed by atoms with E-state index >= 15 is 0 Å². The van der Waals surface area contributed by atoms with Gasteiger partial charge >= 0.3 is 5.97 Å². The molecule has 0 aliphatic rings. The zero-order chi connectivity index (χ0) is 28.1. The molecule has 0 aliphatic heterocycles. The highest BCUT2D eigenvalue weighted by Gasteiger charge is 2.32. The number of rotatable bonds is 16. The van der Waals surface area contributed by atoms with Crippen molar-refractivity contribution in [3.05, 3.63) is 54.1 Å². The molecule has 0 radical (unpaired) electrons.